The molecule has 0 unspecified atom stereocenters. The molecule has 0 bridgehead atoms. The van der Waals surface area contributed by atoms with E-state index in [1.807, 2.05) is 6.07 Å². The second kappa shape index (κ2) is 15.1. The molecular weight excluding hydrogens is 824 g/mol. The largest absolute Gasteiger partial charge is 0.309 e. The highest BCUT2D eigenvalue weighted by Crippen LogP contribution is 2.54. The Morgan fingerprint density at radius 2 is 0.547 bits per heavy atom. The lowest BCUT2D eigenvalue weighted by Crippen LogP contribution is -2.38. The van der Waals surface area contributed by atoms with E-state index in [2.05, 4.69) is 233 Å². The summed E-state index contributed by atoms with van der Waals surface area (Å²) >= 11 is 0. The van der Waals surface area contributed by atoms with E-state index in [4.69, 9.17) is 0 Å². The van der Waals surface area contributed by atoms with E-state index in [1.54, 1.807) is 0 Å². The first kappa shape index (κ1) is 40.4. The number of hydrogen-bond donors (Lipinski definition) is 0. The molecule has 0 aliphatic carbocycles. The van der Waals surface area contributed by atoms with Gasteiger partial charge in [0, 0.05) is 15.9 Å². The summed E-state index contributed by atoms with van der Waals surface area (Å²) in [6.45, 7) is 14.6. The third kappa shape index (κ3) is 6.20. The van der Waals surface area contributed by atoms with Crippen LogP contribution in [0.25, 0.3) is 86.9 Å². The van der Waals surface area contributed by atoms with E-state index in [1.165, 1.54) is 54.2 Å². The molecule has 310 valence electrons. The van der Waals surface area contributed by atoms with Crippen LogP contribution < -0.4 is 26.3 Å². The van der Waals surface area contributed by atoms with Crippen LogP contribution in [0, 0.1) is 0 Å². The van der Waals surface area contributed by atoms with Gasteiger partial charge in [-0.15, -0.1) is 0 Å². The lowest BCUT2D eigenvalue weighted by Gasteiger charge is -2.29. The van der Waals surface area contributed by atoms with Gasteiger partial charge in [0.05, 0.1) is 16.1 Å². The fourth-order valence-corrected chi connectivity index (χ4v) is 17.5. The van der Waals surface area contributed by atoms with Crippen molar-refractivity contribution in [3.8, 4) is 22.3 Å². The Bertz CT molecular complexity index is 3390. The lowest BCUT2D eigenvalue weighted by molar-refractivity contribution is 0.593. The van der Waals surface area contributed by atoms with E-state index in [9.17, 15) is 0 Å². The summed E-state index contributed by atoms with van der Waals surface area (Å²) in [5.41, 5.74) is 4.79. The van der Waals surface area contributed by atoms with Gasteiger partial charge in [-0.3, -0.25) is 0 Å². The monoisotopic (exact) mass is 874 g/mol. The van der Waals surface area contributed by atoms with Gasteiger partial charge in [-0.25, -0.2) is 0 Å². The van der Waals surface area contributed by atoms with Gasteiger partial charge >= 0.3 is 0 Å². The predicted molar refractivity (Wildman–Crippen MR) is 288 cm³/mol. The minimum Gasteiger partial charge on any atom is -0.309 e. The molecule has 11 aromatic rings. The van der Waals surface area contributed by atoms with Gasteiger partial charge in [0.2, 0.25) is 0 Å². The summed E-state index contributed by atoms with van der Waals surface area (Å²) in [6, 6.07) is 72.7. The van der Waals surface area contributed by atoms with Crippen LogP contribution in [0.15, 0.2) is 200 Å². The van der Waals surface area contributed by atoms with Crippen molar-refractivity contribution in [1.29, 1.82) is 0 Å². The predicted octanol–water partition coefficient (Wildman–Crippen LogP) is 14.7. The Balaban J connectivity index is 1.30. The third-order valence-corrected chi connectivity index (χ3v) is 20.9. The molecule has 0 aliphatic heterocycles. The molecule has 0 amide bonds. The third-order valence-electron chi connectivity index (χ3n) is 13.6. The first-order chi connectivity index (χ1) is 31.0. The van der Waals surface area contributed by atoms with Gasteiger partial charge in [-0.1, -0.05) is 250 Å². The Morgan fingerprint density at radius 1 is 0.281 bits per heavy atom. The van der Waals surface area contributed by atoms with Crippen molar-refractivity contribution < 1.29 is 4.57 Å². The normalized spacial score (nSPS) is 12.6. The maximum absolute atomic E-state index is 17.9. The molecule has 0 radical (unpaired) electrons. The molecule has 11 rings (SSSR count). The van der Waals surface area contributed by atoms with E-state index in [0.29, 0.717) is 0 Å². The number of hydrogen-bond acceptors (Lipinski definition) is 1. The highest BCUT2D eigenvalue weighted by atomic mass is 31.2. The van der Waals surface area contributed by atoms with Crippen LogP contribution in [0.3, 0.4) is 0 Å². The maximum atomic E-state index is 17.9. The second-order valence-electron chi connectivity index (χ2n) is 19.5. The molecule has 0 fully saturated rings. The highest BCUT2D eigenvalue weighted by molar-refractivity contribution is 7.87. The molecule has 0 N–H and O–H groups in total. The van der Waals surface area contributed by atoms with Crippen LogP contribution in [-0.4, -0.2) is 16.1 Å². The smallest absolute Gasteiger partial charge is 0.173 e. The summed E-state index contributed by atoms with van der Waals surface area (Å²) in [4.78, 5) is 0. The van der Waals surface area contributed by atoms with Gasteiger partial charge in [0.1, 0.15) is 0 Å². The fourth-order valence-electron chi connectivity index (χ4n) is 10.8. The van der Waals surface area contributed by atoms with Crippen molar-refractivity contribution in [2.24, 2.45) is 0 Å². The van der Waals surface area contributed by atoms with Crippen molar-refractivity contribution >= 4 is 114 Å². The van der Waals surface area contributed by atoms with Crippen LogP contribution in [0.2, 0.25) is 39.3 Å². The van der Waals surface area contributed by atoms with Crippen LogP contribution in [0.1, 0.15) is 0 Å². The minimum absolute atomic E-state index is 0.830. The Labute approximate surface area is 378 Å². The van der Waals surface area contributed by atoms with E-state index >= 15 is 4.57 Å². The van der Waals surface area contributed by atoms with Crippen molar-refractivity contribution in [1.82, 2.24) is 0 Å². The van der Waals surface area contributed by atoms with Crippen LogP contribution in [-0.2, 0) is 4.57 Å². The summed E-state index contributed by atoms with van der Waals surface area (Å²) < 4.78 is 17.9. The molecule has 0 aromatic heterocycles. The van der Waals surface area contributed by atoms with Crippen molar-refractivity contribution in [2.75, 3.05) is 0 Å². The van der Waals surface area contributed by atoms with Gasteiger partial charge in [-0.2, -0.15) is 0 Å². The molecule has 11 aromatic carbocycles. The molecule has 64 heavy (non-hydrogen) atoms. The van der Waals surface area contributed by atoms with Crippen molar-refractivity contribution in [3.63, 3.8) is 0 Å². The highest BCUT2D eigenvalue weighted by Gasteiger charge is 2.38. The van der Waals surface area contributed by atoms with E-state index < -0.39 is 23.3 Å². The van der Waals surface area contributed by atoms with Gasteiger partial charge in [-0.05, 0) is 86.9 Å². The number of rotatable bonds is 7. The summed E-state index contributed by atoms with van der Waals surface area (Å²) in [5, 5.41) is 19.2. The molecule has 0 saturated carbocycles. The number of benzene rings is 11. The lowest BCUT2D eigenvalue weighted by atomic mass is 9.89. The first-order valence-corrected chi connectivity index (χ1v) is 31.3. The Hall–Kier alpha value is -6.36. The van der Waals surface area contributed by atoms with Crippen molar-refractivity contribution in [2.45, 2.75) is 39.3 Å². The summed E-state index contributed by atoms with van der Waals surface area (Å²) in [7, 11) is -7.06. The Kier molecular flexibility index (Phi) is 9.56. The maximum Gasteiger partial charge on any atom is 0.173 e. The Morgan fingerprint density at radius 3 is 0.859 bits per heavy atom. The molecule has 1 nitrogen and oxygen atoms in total. The molecule has 0 heterocycles. The number of fused-ring (bicyclic) bond motifs is 6. The van der Waals surface area contributed by atoms with Crippen LogP contribution in [0.5, 0.6) is 0 Å². The molecular formula is C60H51OPSi2. The molecule has 0 saturated heterocycles. The average Bonchev–Trinajstić information content (AvgIpc) is 3.31. The topological polar surface area (TPSA) is 17.1 Å². The summed E-state index contributed by atoms with van der Waals surface area (Å²) in [5.74, 6) is 0. The molecule has 0 atom stereocenters. The van der Waals surface area contributed by atoms with Gasteiger partial charge < -0.3 is 4.57 Å². The molecule has 4 heteroatoms. The standard InChI is InChI=1S/C60H51OPSi2/c1-63(2,3)55-38-36-49(41-24-10-12-26-43(41)55)57-45-28-14-18-32-51(45)59(52-33-19-15-29-46(52)57)62(61,40-22-8-7-9-23-40)60-53-34-20-16-30-47(53)58(48-31-17-21-35-54(48)60)50-37-39-56(64(4,5)6)44-27-13-11-25-42(44)50/h7-39H,1-6H3. The zero-order chi connectivity index (χ0) is 44.0. The zero-order valence-electron chi connectivity index (χ0n) is 37.4. The van der Waals surface area contributed by atoms with Gasteiger partial charge in [0.15, 0.2) is 7.14 Å². The fraction of sp³-hybridized carbons (Fsp3) is 0.100. The summed E-state index contributed by atoms with van der Waals surface area (Å²) in [6.07, 6.45) is 0. The minimum atomic E-state index is -3.73. The van der Waals surface area contributed by atoms with Crippen molar-refractivity contribution in [3.05, 3.63) is 200 Å². The zero-order valence-corrected chi connectivity index (χ0v) is 40.3. The van der Waals surface area contributed by atoms with Crippen LogP contribution in [0.4, 0.5) is 0 Å². The van der Waals surface area contributed by atoms with E-state index in [0.717, 1.165) is 59.0 Å². The second-order valence-corrected chi connectivity index (χ2v) is 32.2. The molecule has 0 spiro atoms. The first-order valence-electron chi connectivity index (χ1n) is 22.5. The SMILES string of the molecule is C[Si](C)(C)c1ccc(-c2c3ccccc3c(P(=O)(c3ccccc3)c3c4ccccc4c(-c4ccc([Si](C)(C)C)c5ccccc45)c4ccccc34)c3ccccc23)c2ccccc12. The van der Waals surface area contributed by atoms with E-state index in [-0.39, 0.29) is 0 Å². The molecule has 0 aliphatic rings. The van der Waals surface area contributed by atoms with Gasteiger partial charge in [0.25, 0.3) is 0 Å². The average molecular weight is 875 g/mol. The van der Waals surface area contributed by atoms with Crippen LogP contribution >= 0.6 is 7.14 Å². The quantitative estimate of drug-likeness (QED) is 0.0886.